The van der Waals surface area contributed by atoms with E-state index in [2.05, 4.69) is 10.6 Å². The first-order valence-corrected chi connectivity index (χ1v) is 12.9. The molecule has 186 valence electrons. The smallest absolute Gasteiger partial charge is 0.251 e. The van der Waals surface area contributed by atoms with Crippen LogP contribution in [0.1, 0.15) is 50.5 Å². The van der Waals surface area contributed by atoms with E-state index in [0.29, 0.717) is 30.9 Å². The molecule has 0 saturated heterocycles. The molecule has 0 bridgehead atoms. The molecule has 1 atom stereocenters. The number of nitrogens with zero attached hydrogens (tertiary/aromatic N) is 1. The van der Waals surface area contributed by atoms with Crippen LogP contribution in [0.4, 0.5) is 5.69 Å². The van der Waals surface area contributed by atoms with Gasteiger partial charge in [-0.3, -0.25) is 9.59 Å². The second-order valence-electron chi connectivity index (χ2n) is 8.23. The number of carbonyl (C=O) groups excluding carboxylic acids is 2. The van der Waals surface area contributed by atoms with E-state index in [-0.39, 0.29) is 22.5 Å². The average Bonchev–Trinajstić information content (AvgIpc) is 2.79. The fourth-order valence-corrected chi connectivity index (χ4v) is 5.06. The quantitative estimate of drug-likeness (QED) is 0.499. The van der Waals surface area contributed by atoms with Gasteiger partial charge in [-0.15, -0.1) is 0 Å². The number of sulfonamides is 1. The monoisotopic (exact) mass is 489 g/mol. The van der Waals surface area contributed by atoms with Gasteiger partial charge in [-0.2, -0.15) is 4.31 Å². The van der Waals surface area contributed by atoms with Crippen molar-refractivity contribution in [3.8, 4) is 5.75 Å². The Hall–Kier alpha value is -2.91. The maximum atomic E-state index is 13.2. The summed E-state index contributed by atoms with van der Waals surface area (Å²) in [6.45, 7) is 11.8. The summed E-state index contributed by atoms with van der Waals surface area (Å²) in [7, 11) is -3.82. The maximum Gasteiger partial charge on any atom is 0.251 e. The van der Waals surface area contributed by atoms with Gasteiger partial charge in [0.2, 0.25) is 15.9 Å². The Labute approximate surface area is 202 Å². The van der Waals surface area contributed by atoms with E-state index in [0.717, 1.165) is 5.56 Å². The maximum absolute atomic E-state index is 13.2. The molecule has 2 rings (SSSR count). The fourth-order valence-electron chi connectivity index (χ4n) is 3.45. The second-order valence-corrected chi connectivity index (χ2v) is 10.1. The summed E-state index contributed by atoms with van der Waals surface area (Å²) in [5, 5.41) is 5.54. The molecule has 34 heavy (non-hydrogen) atoms. The first-order valence-electron chi connectivity index (χ1n) is 11.5. The molecule has 0 saturated carbocycles. The van der Waals surface area contributed by atoms with Crippen molar-refractivity contribution in [3.05, 3.63) is 53.6 Å². The molecule has 2 aromatic carbocycles. The summed E-state index contributed by atoms with van der Waals surface area (Å²) < 4.78 is 33.2. The molecule has 8 nitrogen and oxygen atoms in total. The fraction of sp³-hybridized carbons (Fsp3) is 0.440. The third-order valence-corrected chi connectivity index (χ3v) is 7.45. The lowest BCUT2D eigenvalue weighted by molar-refractivity contribution is -0.118. The predicted octanol–water partition coefficient (Wildman–Crippen LogP) is 3.82. The van der Waals surface area contributed by atoms with Gasteiger partial charge in [0.1, 0.15) is 16.7 Å². The second kappa shape index (κ2) is 12.0. The molecule has 0 spiro atoms. The molecular weight excluding hydrogens is 454 g/mol. The van der Waals surface area contributed by atoms with Crippen LogP contribution in [0.25, 0.3) is 0 Å². The average molecular weight is 490 g/mol. The van der Waals surface area contributed by atoms with E-state index in [4.69, 9.17) is 4.74 Å². The molecule has 0 aromatic heterocycles. The standard InChI is InChI=1S/C25H35N3O5S/c1-7-28(8-2)34(31,32)22-16-20(14-15-21(22)33-9-3)26-25(30)23(17(4)5)27-24(29)19-12-10-18(6)11-13-19/h10-17,23H,7-9H2,1-6H3,(H,26,30)(H,27,29). The Morgan fingerprint density at radius 2 is 1.62 bits per heavy atom. The first-order chi connectivity index (χ1) is 16.0. The van der Waals surface area contributed by atoms with Gasteiger partial charge in [-0.25, -0.2) is 8.42 Å². The number of nitrogens with one attached hydrogen (secondary N) is 2. The van der Waals surface area contributed by atoms with E-state index in [1.807, 2.05) is 32.9 Å². The van der Waals surface area contributed by atoms with Crippen molar-refractivity contribution in [2.75, 3.05) is 25.0 Å². The molecule has 0 fully saturated rings. The van der Waals surface area contributed by atoms with Gasteiger partial charge in [0.15, 0.2) is 0 Å². The van der Waals surface area contributed by atoms with Crippen molar-refractivity contribution >= 4 is 27.5 Å². The summed E-state index contributed by atoms with van der Waals surface area (Å²) in [4.78, 5) is 25.7. The minimum absolute atomic E-state index is 0.0133. The lowest BCUT2D eigenvalue weighted by Gasteiger charge is -2.23. The summed E-state index contributed by atoms with van der Waals surface area (Å²) in [5.41, 5.74) is 1.79. The van der Waals surface area contributed by atoms with Crippen LogP contribution < -0.4 is 15.4 Å². The predicted molar refractivity (Wildman–Crippen MR) is 134 cm³/mol. The molecule has 0 aliphatic heterocycles. The Bertz CT molecular complexity index is 1090. The molecule has 0 radical (unpaired) electrons. The number of rotatable bonds is 11. The van der Waals surface area contributed by atoms with Gasteiger partial charge in [0, 0.05) is 24.3 Å². The number of aryl methyl sites for hydroxylation is 1. The minimum Gasteiger partial charge on any atom is -0.492 e. The highest BCUT2D eigenvalue weighted by molar-refractivity contribution is 7.89. The molecular formula is C25H35N3O5S. The topological polar surface area (TPSA) is 105 Å². The van der Waals surface area contributed by atoms with Crippen molar-refractivity contribution in [3.63, 3.8) is 0 Å². The summed E-state index contributed by atoms with van der Waals surface area (Å²) in [6.07, 6.45) is 0. The van der Waals surface area contributed by atoms with Crippen LogP contribution in [-0.4, -0.2) is 50.3 Å². The molecule has 2 amide bonds. The highest BCUT2D eigenvalue weighted by Crippen LogP contribution is 2.30. The zero-order valence-electron chi connectivity index (χ0n) is 20.7. The number of anilines is 1. The first kappa shape index (κ1) is 27.3. The third kappa shape index (κ3) is 6.57. The lowest BCUT2D eigenvalue weighted by atomic mass is 10.0. The largest absolute Gasteiger partial charge is 0.492 e. The molecule has 0 heterocycles. The zero-order valence-corrected chi connectivity index (χ0v) is 21.5. The Morgan fingerprint density at radius 3 is 2.15 bits per heavy atom. The zero-order chi connectivity index (χ0) is 25.5. The highest BCUT2D eigenvalue weighted by Gasteiger charge is 2.28. The van der Waals surface area contributed by atoms with Gasteiger partial charge in [0.05, 0.1) is 6.61 Å². The van der Waals surface area contributed by atoms with E-state index in [1.165, 1.54) is 16.4 Å². The van der Waals surface area contributed by atoms with Crippen LogP contribution >= 0.6 is 0 Å². The van der Waals surface area contributed by atoms with E-state index in [9.17, 15) is 18.0 Å². The van der Waals surface area contributed by atoms with Gasteiger partial charge >= 0.3 is 0 Å². The number of benzene rings is 2. The SMILES string of the molecule is CCOc1ccc(NC(=O)C(NC(=O)c2ccc(C)cc2)C(C)C)cc1S(=O)(=O)N(CC)CC. The van der Waals surface area contributed by atoms with Gasteiger partial charge < -0.3 is 15.4 Å². The molecule has 2 N–H and O–H groups in total. The third-order valence-electron chi connectivity index (χ3n) is 5.38. The van der Waals surface area contributed by atoms with Crippen LogP contribution in [0.3, 0.4) is 0 Å². The molecule has 2 aromatic rings. The van der Waals surface area contributed by atoms with Crippen molar-refractivity contribution in [1.29, 1.82) is 0 Å². The van der Waals surface area contributed by atoms with Crippen LogP contribution in [0.5, 0.6) is 5.75 Å². The summed E-state index contributed by atoms with van der Waals surface area (Å²) >= 11 is 0. The van der Waals surface area contributed by atoms with Crippen LogP contribution in [0, 0.1) is 12.8 Å². The van der Waals surface area contributed by atoms with Crippen LogP contribution in [0.2, 0.25) is 0 Å². The Kier molecular flexibility index (Phi) is 9.64. The van der Waals surface area contributed by atoms with Gasteiger partial charge in [-0.1, -0.05) is 45.4 Å². The van der Waals surface area contributed by atoms with Crippen molar-refractivity contribution in [2.24, 2.45) is 5.92 Å². The minimum atomic E-state index is -3.82. The number of amides is 2. The normalized spacial score (nSPS) is 12.5. The van der Waals surface area contributed by atoms with Gasteiger partial charge in [0.25, 0.3) is 5.91 Å². The van der Waals surface area contributed by atoms with E-state index < -0.39 is 22.0 Å². The molecule has 9 heteroatoms. The number of ether oxygens (including phenoxy) is 1. The summed E-state index contributed by atoms with van der Waals surface area (Å²) in [5.74, 6) is -0.771. The molecule has 0 aliphatic rings. The number of carbonyl (C=O) groups is 2. The lowest BCUT2D eigenvalue weighted by Crippen LogP contribution is -2.47. The van der Waals surface area contributed by atoms with E-state index in [1.54, 1.807) is 39.0 Å². The van der Waals surface area contributed by atoms with Crippen molar-refractivity contribution < 1.29 is 22.7 Å². The van der Waals surface area contributed by atoms with Crippen molar-refractivity contribution in [2.45, 2.75) is 52.5 Å². The Morgan fingerprint density at radius 1 is 1.00 bits per heavy atom. The number of hydrogen-bond donors (Lipinski definition) is 2. The molecule has 0 aliphatic carbocycles. The van der Waals surface area contributed by atoms with Crippen LogP contribution in [0.15, 0.2) is 47.4 Å². The molecule has 1 unspecified atom stereocenters. The Balaban J connectivity index is 2.31. The number of hydrogen-bond acceptors (Lipinski definition) is 5. The van der Waals surface area contributed by atoms with Gasteiger partial charge in [-0.05, 0) is 50.1 Å². The van der Waals surface area contributed by atoms with Crippen molar-refractivity contribution in [1.82, 2.24) is 9.62 Å². The summed E-state index contributed by atoms with van der Waals surface area (Å²) in [6, 6.07) is 10.8. The highest BCUT2D eigenvalue weighted by atomic mass is 32.2. The van der Waals surface area contributed by atoms with Crippen LogP contribution in [-0.2, 0) is 14.8 Å². The van der Waals surface area contributed by atoms with E-state index >= 15 is 0 Å².